The van der Waals surface area contributed by atoms with Gasteiger partial charge in [0, 0.05) is 20.6 Å². The van der Waals surface area contributed by atoms with Gasteiger partial charge in [-0.2, -0.15) is 0 Å². The van der Waals surface area contributed by atoms with Gasteiger partial charge >= 0.3 is 5.97 Å². The fourth-order valence-electron chi connectivity index (χ4n) is 2.19. The van der Waals surface area contributed by atoms with Crippen LogP contribution >= 0.6 is 0 Å². The van der Waals surface area contributed by atoms with Crippen LogP contribution < -0.4 is 0 Å². The normalized spacial score (nSPS) is 24.6. The minimum atomic E-state index is -0.299. The number of rotatable bonds is 3. The minimum Gasteiger partial charge on any atom is -0.458 e. The van der Waals surface area contributed by atoms with Gasteiger partial charge < -0.3 is 14.0 Å². The van der Waals surface area contributed by atoms with Gasteiger partial charge in [-0.1, -0.05) is 0 Å². The lowest BCUT2D eigenvalue weighted by molar-refractivity contribution is -0.0155. The van der Waals surface area contributed by atoms with E-state index in [1.165, 1.54) is 6.20 Å². The van der Waals surface area contributed by atoms with Crippen molar-refractivity contribution in [2.45, 2.75) is 37.9 Å². The molecule has 1 aromatic rings. The van der Waals surface area contributed by atoms with Crippen LogP contribution in [0.15, 0.2) is 12.5 Å². The van der Waals surface area contributed by atoms with E-state index in [0.29, 0.717) is 5.69 Å². The lowest BCUT2D eigenvalue weighted by Gasteiger charge is -2.27. The maximum Gasteiger partial charge on any atom is 0.356 e. The summed E-state index contributed by atoms with van der Waals surface area (Å²) in [6.07, 6.45) is 7.11. The van der Waals surface area contributed by atoms with Crippen LogP contribution in [0.2, 0.25) is 0 Å². The first-order valence-electron chi connectivity index (χ1n) is 5.90. The summed E-state index contributed by atoms with van der Waals surface area (Å²) < 4.78 is 12.4. The van der Waals surface area contributed by atoms with Crippen molar-refractivity contribution in [1.82, 2.24) is 9.55 Å². The molecule has 0 spiro atoms. The van der Waals surface area contributed by atoms with Gasteiger partial charge in [0.05, 0.1) is 18.6 Å². The van der Waals surface area contributed by atoms with Crippen LogP contribution in [0, 0.1) is 0 Å². The third-order valence-corrected chi connectivity index (χ3v) is 3.21. The Bertz CT molecular complexity index is 389. The van der Waals surface area contributed by atoms with E-state index in [2.05, 4.69) is 4.98 Å². The van der Waals surface area contributed by atoms with E-state index in [1.807, 2.05) is 0 Å². The molecule has 5 nitrogen and oxygen atoms in total. The summed E-state index contributed by atoms with van der Waals surface area (Å²) in [7, 11) is 3.48. The Morgan fingerprint density at radius 1 is 1.47 bits per heavy atom. The predicted octanol–water partition coefficient (Wildman–Crippen LogP) is 1.53. The zero-order valence-electron chi connectivity index (χ0n) is 10.3. The molecule has 2 unspecified atom stereocenters. The van der Waals surface area contributed by atoms with Gasteiger partial charge in [-0.25, -0.2) is 9.78 Å². The second kappa shape index (κ2) is 5.31. The van der Waals surface area contributed by atoms with Crippen LogP contribution in [0.5, 0.6) is 0 Å². The highest BCUT2D eigenvalue weighted by Crippen LogP contribution is 2.23. The lowest BCUT2D eigenvalue weighted by Crippen LogP contribution is -2.29. The van der Waals surface area contributed by atoms with E-state index in [9.17, 15) is 4.79 Å². The Morgan fingerprint density at radius 2 is 2.24 bits per heavy atom. The van der Waals surface area contributed by atoms with Crippen LogP contribution in [0.1, 0.15) is 36.2 Å². The van der Waals surface area contributed by atoms with Gasteiger partial charge in [0.25, 0.3) is 0 Å². The van der Waals surface area contributed by atoms with Gasteiger partial charge in [-0.05, 0) is 19.3 Å². The van der Waals surface area contributed by atoms with Gasteiger partial charge in [0.15, 0.2) is 0 Å². The number of methoxy groups -OCH3 is 1. The van der Waals surface area contributed by atoms with Gasteiger partial charge in [0.1, 0.15) is 11.8 Å². The zero-order valence-corrected chi connectivity index (χ0v) is 10.3. The summed E-state index contributed by atoms with van der Waals surface area (Å²) in [5.41, 5.74) is 0.490. The standard InChI is InChI=1S/C12H18N2O3/c1-14-8-13-7-11(14)12(15)17-10-5-3-4-9(6-10)16-2/h7-10H,3-6H2,1-2H3. The van der Waals surface area contributed by atoms with Crippen molar-refractivity contribution in [2.24, 2.45) is 7.05 Å². The van der Waals surface area contributed by atoms with Crippen molar-refractivity contribution in [3.05, 3.63) is 18.2 Å². The molecule has 1 fully saturated rings. The van der Waals surface area contributed by atoms with Crippen LogP contribution in [0.3, 0.4) is 0 Å². The molecule has 1 aliphatic rings. The fourth-order valence-corrected chi connectivity index (χ4v) is 2.19. The van der Waals surface area contributed by atoms with E-state index in [-0.39, 0.29) is 18.2 Å². The number of carbonyl (C=O) groups is 1. The van der Waals surface area contributed by atoms with Gasteiger partial charge in [-0.15, -0.1) is 0 Å². The van der Waals surface area contributed by atoms with Crippen molar-refractivity contribution in [1.29, 1.82) is 0 Å². The van der Waals surface area contributed by atoms with E-state index in [4.69, 9.17) is 9.47 Å². The third-order valence-electron chi connectivity index (χ3n) is 3.21. The number of aryl methyl sites for hydroxylation is 1. The molecule has 0 aromatic carbocycles. The third kappa shape index (κ3) is 2.85. The average molecular weight is 238 g/mol. The van der Waals surface area contributed by atoms with Gasteiger partial charge in [-0.3, -0.25) is 0 Å². The molecule has 0 amide bonds. The average Bonchev–Trinajstić information content (AvgIpc) is 2.76. The van der Waals surface area contributed by atoms with Crippen molar-refractivity contribution >= 4 is 5.97 Å². The van der Waals surface area contributed by atoms with Crippen molar-refractivity contribution in [2.75, 3.05) is 7.11 Å². The Labute approximate surface area is 101 Å². The molecule has 0 bridgehead atoms. The summed E-state index contributed by atoms with van der Waals surface area (Å²) in [6, 6.07) is 0. The summed E-state index contributed by atoms with van der Waals surface area (Å²) in [6.45, 7) is 0. The van der Waals surface area contributed by atoms with Crippen LogP contribution in [-0.4, -0.2) is 34.8 Å². The number of carbonyl (C=O) groups excluding carboxylic acids is 1. The zero-order chi connectivity index (χ0) is 12.3. The Hall–Kier alpha value is -1.36. The number of hydrogen-bond acceptors (Lipinski definition) is 4. The molecular formula is C12H18N2O3. The number of nitrogens with zero attached hydrogens (tertiary/aromatic N) is 2. The van der Waals surface area contributed by atoms with Crippen LogP contribution in [-0.2, 0) is 16.5 Å². The SMILES string of the molecule is COC1CCCC(OC(=O)c2cncn2C)C1. The molecule has 5 heteroatoms. The number of ether oxygens (including phenoxy) is 2. The second-order valence-electron chi connectivity index (χ2n) is 4.44. The summed E-state index contributed by atoms with van der Waals surface area (Å²) in [5, 5.41) is 0. The Balaban J connectivity index is 1.93. The maximum atomic E-state index is 11.9. The topological polar surface area (TPSA) is 53.4 Å². The molecule has 1 aromatic heterocycles. The largest absolute Gasteiger partial charge is 0.458 e. The fraction of sp³-hybridized carbons (Fsp3) is 0.667. The van der Waals surface area contributed by atoms with E-state index in [1.54, 1.807) is 25.1 Å². The predicted molar refractivity (Wildman–Crippen MR) is 61.7 cm³/mol. The molecule has 2 atom stereocenters. The molecule has 1 heterocycles. The number of hydrogen-bond donors (Lipinski definition) is 0. The molecule has 94 valence electrons. The first-order chi connectivity index (χ1) is 8.20. The Morgan fingerprint density at radius 3 is 2.88 bits per heavy atom. The lowest BCUT2D eigenvalue weighted by atomic mass is 9.95. The minimum absolute atomic E-state index is 0.0314. The molecule has 0 N–H and O–H groups in total. The molecule has 2 rings (SSSR count). The van der Waals surface area contributed by atoms with Crippen molar-refractivity contribution in [3.8, 4) is 0 Å². The van der Waals surface area contributed by atoms with E-state index in [0.717, 1.165) is 25.7 Å². The molecule has 0 aliphatic heterocycles. The number of esters is 1. The van der Waals surface area contributed by atoms with Crippen LogP contribution in [0.25, 0.3) is 0 Å². The summed E-state index contributed by atoms with van der Waals surface area (Å²) in [4.78, 5) is 15.8. The van der Waals surface area contributed by atoms with E-state index < -0.39 is 0 Å². The molecule has 1 saturated carbocycles. The molecular weight excluding hydrogens is 220 g/mol. The van der Waals surface area contributed by atoms with Crippen molar-refractivity contribution < 1.29 is 14.3 Å². The number of aromatic nitrogens is 2. The highest BCUT2D eigenvalue weighted by Gasteiger charge is 2.25. The molecule has 1 aliphatic carbocycles. The number of imidazole rings is 1. The van der Waals surface area contributed by atoms with Crippen LogP contribution in [0.4, 0.5) is 0 Å². The molecule has 0 radical (unpaired) electrons. The first-order valence-corrected chi connectivity index (χ1v) is 5.90. The molecule has 17 heavy (non-hydrogen) atoms. The quantitative estimate of drug-likeness (QED) is 0.749. The van der Waals surface area contributed by atoms with Gasteiger partial charge in [0.2, 0.25) is 0 Å². The molecule has 0 saturated heterocycles. The highest BCUT2D eigenvalue weighted by molar-refractivity contribution is 5.87. The summed E-state index contributed by atoms with van der Waals surface area (Å²) in [5.74, 6) is -0.299. The second-order valence-corrected chi connectivity index (χ2v) is 4.44. The summed E-state index contributed by atoms with van der Waals surface area (Å²) >= 11 is 0. The Kier molecular flexibility index (Phi) is 3.78. The van der Waals surface area contributed by atoms with Crippen molar-refractivity contribution in [3.63, 3.8) is 0 Å². The van der Waals surface area contributed by atoms with E-state index >= 15 is 0 Å². The smallest absolute Gasteiger partial charge is 0.356 e. The monoisotopic (exact) mass is 238 g/mol. The highest BCUT2D eigenvalue weighted by atomic mass is 16.5. The first kappa shape index (κ1) is 12.1. The maximum absolute atomic E-state index is 11.9.